The molecule has 100 valence electrons. The average molecular weight is 280 g/mol. The summed E-state index contributed by atoms with van der Waals surface area (Å²) < 4.78 is 1.60. The Balaban J connectivity index is 2.20. The van der Waals surface area contributed by atoms with Gasteiger partial charge in [0.2, 0.25) is 0 Å². The zero-order chi connectivity index (χ0) is 13.8. The van der Waals surface area contributed by atoms with E-state index in [1.165, 1.54) is 6.20 Å². The maximum Gasteiger partial charge on any atom is 0.257 e. The standard InChI is InChI=1S/C12H14ClN5O/c1-3-14-11-4-9(10(13)6-15-11)12(19)17-8-5-16-18(2)7-8/h4-7H,3H2,1-2H3,(H,14,15)(H,17,19). The van der Waals surface area contributed by atoms with E-state index in [9.17, 15) is 4.79 Å². The van der Waals surface area contributed by atoms with Gasteiger partial charge in [-0.2, -0.15) is 5.10 Å². The van der Waals surface area contributed by atoms with Gasteiger partial charge >= 0.3 is 0 Å². The third-order valence-corrected chi connectivity index (χ3v) is 2.72. The Hall–Kier alpha value is -2.08. The molecule has 19 heavy (non-hydrogen) atoms. The molecule has 0 aromatic carbocycles. The number of carbonyl (C=O) groups excluding carboxylic acids is 1. The van der Waals surface area contributed by atoms with Crippen molar-refractivity contribution in [1.82, 2.24) is 14.8 Å². The highest BCUT2D eigenvalue weighted by atomic mass is 35.5. The molecule has 0 atom stereocenters. The van der Waals surface area contributed by atoms with Gasteiger partial charge in [-0.05, 0) is 13.0 Å². The van der Waals surface area contributed by atoms with Crippen LogP contribution in [-0.2, 0) is 7.05 Å². The van der Waals surface area contributed by atoms with Crippen LogP contribution in [0.25, 0.3) is 0 Å². The van der Waals surface area contributed by atoms with Gasteiger partial charge in [0.15, 0.2) is 0 Å². The van der Waals surface area contributed by atoms with Crippen LogP contribution in [0, 0.1) is 0 Å². The first kappa shape index (κ1) is 13.4. The highest BCUT2D eigenvalue weighted by Gasteiger charge is 2.13. The van der Waals surface area contributed by atoms with Crippen LogP contribution in [0.1, 0.15) is 17.3 Å². The van der Waals surface area contributed by atoms with E-state index in [4.69, 9.17) is 11.6 Å². The fourth-order valence-corrected chi connectivity index (χ4v) is 1.76. The number of amides is 1. The first-order valence-electron chi connectivity index (χ1n) is 5.79. The summed E-state index contributed by atoms with van der Waals surface area (Å²) >= 11 is 5.99. The Kier molecular flexibility index (Phi) is 4.01. The number of rotatable bonds is 4. The second-order valence-corrected chi connectivity index (χ2v) is 4.34. The fraction of sp³-hybridized carbons (Fsp3) is 0.250. The summed E-state index contributed by atoms with van der Waals surface area (Å²) in [4.78, 5) is 16.2. The Morgan fingerprint density at radius 2 is 2.26 bits per heavy atom. The highest BCUT2D eigenvalue weighted by Crippen LogP contribution is 2.19. The normalized spacial score (nSPS) is 10.3. The molecule has 0 aliphatic carbocycles. The number of nitrogens with zero attached hydrogens (tertiary/aromatic N) is 3. The summed E-state index contributed by atoms with van der Waals surface area (Å²) in [7, 11) is 1.78. The first-order chi connectivity index (χ1) is 9.10. The molecule has 2 N–H and O–H groups in total. The third-order valence-electron chi connectivity index (χ3n) is 2.42. The molecular weight excluding hydrogens is 266 g/mol. The zero-order valence-corrected chi connectivity index (χ0v) is 11.4. The minimum Gasteiger partial charge on any atom is -0.370 e. The number of hydrogen-bond donors (Lipinski definition) is 2. The molecule has 0 saturated carbocycles. The van der Waals surface area contributed by atoms with Gasteiger partial charge < -0.3 is 10.6 Å². The number of hydrogen-bond acceptors (Lipinski definition) is 4. The maximum atomic E-state index is 12.1. The lowest BCUT2D eigenvalue weighted by Crippen LogP contribution is -2.13. The molecule has 0 aliphatic heterocycles. The number of aryl methyl sites for hydroxylation is 1. The van der Waals surface area contributed by atoms with E-state index in [1.807, 2.05) is 6.92 Å². The van der Waals surface area contributed by atoms with Crippen molar-refractivity contribution in [3.05, 3.63) is 35.2 Å². The Bertz CT molecular complexity index is 596. The molecule has 2 aromatic heterocycles. The van der Waals surface area contributed by atoms with E-state index in [-0.39, 0.29) is 5.91 Å². The van der Waals surface area contributed by atoms with Crippen LogP contribution in [0.15, 0.2) is 24.7 Å². The number of carbonyl (C=O) groups is 1. The Labute approximate surface area is 115 Å². The quantitative estimate of drug-likeness (QED) is 0.899. The van der Waals surface area contributed by atoms with Crippen molar-refractivity contribution in [3.63, 3.8) is 0 Å². The molecule has 7 heteroatoms. The number of pyridine rings is 1. The van der Waals surface area contributed by atoms with Crippen LogP contribution < -0.4 is 10.6 Å². The zero-order valence-electron chi connectivity index (χ0n) is 10.6. The lowest BCUT2D eigenvalue weighted by atomic mass is 10.2. The number of aromatic nitrogens is 3. The summed E-state index contributed by atoms with van der Waals surface area (Å²) in [5.74, 6) is 0.322. The molecule has 0 unspecified atom stereocenters. The van der Waals surface area contributed by atoms with E-state index in [0.717, 1.165) is 6.54 Å². The van der Waals surface area contributed by atoms with E-state index >= 15 is 0 Å². The summed E-state index contributed by atoms with van der Waals surface area (Å²) in [6.45, 7) is 2.67. The van der Waals surface area contributed by atoms with E-state index in [0.29, 0.717) is 22.1 Å². The number of anilines is 2. The maximum absolute atomic E-state index is 12.1. The van der Waals surface area contributed by atoms with Gasteiger partial charge in [0, 0.05) is 26.0 Å². The molecule has 0 radical (unpaired) electrons. The number of nitrogens with one attached hydrogen (secondary N) is 2. The molecular formula is C12H14ClN5O. The van der Waals surface area contributed by atoms with Crippen molar-refractivity contribution in [3.8, 4) is 0 Å². The summed E-state index contributed by atoms with van der Waals surface area (Å²) in [6.07, 6.45) is 4.73. The van der Waals surface area contributed by atoms with E-state index in [2.05, 4.69) is 20.7 Å². The van der Waals surface area contributed by atoms with E-state index < -0.39 is 0 Å². The fourth-order valence-electron chi connectivity index (χ4n) is 1.57. The number of halogens is 1. The highest BCUT2D eigenvalue weighted by molar-refractivity contribution is 6.34. The van der Waals surface area contributed by atoms with Crippen molar-refractivity contribution in [2.45, 2.75) is 6.92 Å². The third kappa shape index (κ3) is 3.23. The van der Waals surface area contributed by atoms with Crippen molar-refractivity contribution < 1.29 is 4.79 Å². The van der Waals surface area contributed by atoms with Crippen LogP contribution in [-0.4, -0.2) is 27.2 Å². The molecule has 0 saturated heterocycles. The van der Waals surface area contributed by atoms with Gasteiger partial charge in [0.25, 0.3) is 5.91 Å². The van der Waals surface area contributed by atoms with Crippen LogP contribution in [0.4, 0.5) is 11.5 Å². The van der Waals surface area contributed by atoms with Gasteiger partial charge in [0.1, 0.15) is 5.82 Å². The van der Waals surface area contributed by atoms with Crippen LogP contribution >= 0.6 is 11.6 Å². The summed E-state index contributed by atoms with van der Waals surface area (Å²) in [6, 6.07) is 1.62. The van der Waals surface area contributed by atoms with Crippen molar-refractivity contribution in [1.29, 1.82) is 0 Å². The summed E-state index contributed by atoms with van der Waals surface area (Å²) in [5, 5.41) is 10.0. The lowest BCUT2D eigenvalue weighted by Gasteiger charge is -2.07. The second-order valence-electron chi connectivity index (χ2n) is 3.94. The molecule has 0 bridgehead atoms. The molecule has 2 rings (SSSR count). The van der Waals surface area contributed by atoms with Crippen molar-refractivity contribution in [2.24, 2.45) is 7.05 Å². The predicted octanol–water partition coefficient (Wildman–Crippen LogP) is 2.15. The van der Waals surface area contributed by atoms with Gasteiger partial charge in [-0.25, -0.2) is 4.98 Å². The first-order valence-corrected chi connectivity index (χ1v) is 6.17. The Morgan fingerprint density at radius 3 is 2.89 bits per heavy atom. The van der Waals surface area contributed by atoms with Crippen LogP contribution in [0.5, 0.6) is 0 Å². The molecule has 6 nitrogen and oxygen atoms in total. The van der Waals surface area contributed by atoms with E-state index in [1.54, 1.807) is 30.2 Å². The van der Waals surface area contributed by atoms with Crippen molar-refractivity contribution in [2.75, 3.05) is 17.2 Å². The van der Waals surface area contributed by atoms with Gasteiger partial charge in [-0.15, -0.1) is 0 Å². The average Bonchev–Trinajstić information content (AvgIpc) is 2.77. The van der Waals surface area contributed by atoms with Gasteiger partial charge in [-0.3, -0.25) is 9.48 Å². The molecule has 1 amide bonds. The topological polar surface area (TPSA) is 71.8 Å². The molecule has 0 aliphatic rings. The minimum atomic E-state index is -0.292. The molecule has 2 aromatic rings. The van der Waals surface area contributed by atoms with Gasteiger partial charge in [-0.1, -0.05) is 11.6 Å². The molecule has 2 heterocycles. The van der Waals surface area contributed by atoms with Crippen LogP contribution in [0.3, 0.4) is 0 Å². The second kappa shape index (κ2) is 5.71. The molecule has 0 fully saturated rings. The Morgan fingerprint density at radius 1 is 1.47 bits per heavy atom. The minimum absolute atomic E-state index is 0.292. The van der Waals surface area contributed by atoms with Gasteiger partial charge in [0.05, 0.1) is 22.5 Å². The summed E-state index contributed by atoms with van der Waals surface area (Å²) in [5.41, 5.74) is 0.988. The molecule has 0 spiro atoms. The predicted molar refractivity (Wildman–Crippen MR) is 74.6 cm³/mol. The smallest absolute Gasteiger partial charge is 0.257 e. The van der Waals surface area contributed by atoms with Crippen molar-refractivity contribution >= 4 is 29.0 Å². The monoisotopic (exact) mass is 279 g/mol. The largest absolute Gasteiger partial charge is 0.370 e. The van der Waals surface area contributed by atoms with Crippen LogP contribution in [0.2, 0.25) is 5.02 Å². The lowest BCUT2D eigenvalue weighted by molar-refractivity contribution is 0.102. The SMILES string of the molecule is CCNc1cc(C(=O)Nc2cnn(C)c2)c(Cl)cn1.